The molecule has 0 aromatic carbocycles. The molecule has 3 fully saturated rings. The van der Waals surface area contributed by atoms with Crippen molar-refractivity contribution in [2.45, 2.75) is 57.1 Å². The van der Waals surface area contributed by atoms with E-state index >= 15 is 0 Å². The second-order valence-corrected chi connectivity index (χ2v) is 7.07. The fraction of sp³-hybridized carbons (Fsp3) is 0.824. The molecule has 2 amide bonds. The van der Waals surface area contributed by atoms with Gasteiger partial charge in [-0.15, -0.1) is 0 Å². The summed E-state index contributed by atoms with van der Waals surface area (Å²) in [5, 5.41) is 9.06. The number of likely N-dealkylation sites (tertiary alicyclic amines) is 1. The van der Waals surface area contributed by atoms with Gasteiger partial charge in [0.2, 0.25) is 11.8 Å². The molecule has 134 valence electrons. The van der Waals surface area contributed by atoms with Gasteiger partial charge in [0.25, 0.3) is 0 Å². The predicted molar refractivity (Wildman–Crippen MR) is 85.3 cm³/mol. The number of hydrogen-bond acceptors (Lipinski definition) is 4. The highest BCUT2D eigenvalue weighted by atomic mass is 16.5. The molecule has 7 heteroatoms. The molecule has 0 aromatic rings. The monoisotopic (exact) mass is 338 g/mol. The van der Waals surface area contributed by atoms with E-state index in [2.05, 4.69) is 0 Å². The lowest BCUT2D eigenvalue weighted by atomic mass is 10.1. The topological polar surface area (TPSA) is 87.2 Å². The summed E-state index contributed by atoms with van der Waals surface area (Å²) in [5.41, 5.74) is 0. The third-order valence-corrected chi connectivity index (χ3v) is 5.43. The Morgan fingerprint density at radius 3 is 2.46 bits per heavy atom. The van der Waals surface area contributed by atoms with Crippen LogP contribution in [0.1, 0.15) is 44.9 Å². The summed E-state index contributed by atoms with van der Waals surface area (Å²) in [6.07, 6.45) is 6.11. The van der Waals surface area contributed by atoms with Gasteiger partial charge in [-0.05, 0) is 12.8 Å². The minimum atomic E-state index is -1.05. The van der Waals surface area contributed by atoms with Crippen molar-refractivity contribution in [3.05, 3.63) is 0 Å². The van der Waals surface area contributed by atoms with E-state index in [1.807, 2.05) is 4.90 Å². The Morgan fingerprint density at radius 2 is 1.79 bits per heavy atom. The summed E-state index contributed by atoms with van der Waals surface area (Å²) in [5.74, 6) is -1.42. The number of nitrogens with zero attached hydrogens (tertiary/aromatic N) is 2. The third-order valence-electron chi connectivity index (χ3n) is 5.43. The maximum atomic E-state index is 12.7. The Hall–Kier alpha value is -1.63. The highest BCUT2D eigenvalue weighted by Gasteiger charge is 2.41. The van der Waals surface area contributed by atoms with E-state index in [-0.39, 0.29) is 43.3 Å². The van der Waals surface area contributed by atoms with E-state index < -0.39 is 12.1 Å². The zero-order valence-electron chi connectivity index (χ0n) is 14.0. The fourth-order valence-electron chi connectivity index (χ4n) is 4.08. The van der Waals surface area contributed by atoms with Crippen LogP contribution in [-0.4, -0.2) is 71.1 Å². The summed E-state index contributed by atoms with van der Waals surface area (Å²) in [6, 6.07) is 0.272. The molecule has 2 atom stereocenters. The third kappa shape index (κ3) is 3.71. The number of ether oxygens (including phenoxy) is 1. The van der Waals surface area contributed by atoms with Crippen LogP contribution >= 0.6 is 0 Å². The normalized spacial score (nSPS) is 29.6. The summed E-state index contributed by atoms with van der Waals surface area (Å²) in [6.45, 7) is 1.19. The number of hydrogen-bond donors (Lipinski definition) is 1. The first-order valence-electron chi connectivity index (χ1n) is 8.99. The molecule has 3 aliphatic rings. The van der Waals surface area contributed by atoms with Gasteiger partial charge in [-0.2, -0.15) is 0 Å². The summed E-state index contributed by atoms with van der Waals surface area (Å²) >= 11 is 0. The van der Waals surface area contributed by atoms with Crippen molar-refractivity contribution in [1.82, 2.24) is 9.80 Å². The van der Waals surface area contributed by atoms with Crippen LogP contribution in [0.15, 0.2) is 0 Å². The van der Waals surface area contributed by atoms with Gasteiger partial charge in [-0.3, -0.25) is 9.59 Å². The predicted octanol–water partition coefficient (Wildman–Crippen LogP) is 0.870. The van der Waals surface area contributed by atoms with Crippen LogP contribution in [0.25, 0.3) is 0 Å². The number of morpholine rings is 1. The van der Waals surface area contributed by atoms with Crippen LogP contribution in [0, 0.1) is 5.92 Å². The molecule has 0 spiro atoms. The van der Waals surface area contributed by atoms with Crippen LogP contribution in [0.5, 0.6) is 0 Å². The van der Waals surface area contributed by atoms with Crippen LogP contribution in [0.2, 0.25) is 0 Å². The number of aliphatic carboxylic acids is 1. The second-order valence-electron chi connectivity index (χ2n) is 7.07. The Bertz CT molecular complexity index is 501. The van der Waals surface area contributed by atoms with Gasteiger partial charge >= 0.3 is 5.97 Å². The molecule has 24 heavy (non-hydrogen) atoms. The average molecular weight is 338 g/mol. The van der Waals surface area contributed by atoms with Crippen molar-refractivity contribution < 1.29 is 24.2 Å². The molecule has 7 nitrogen and oxygen atoms in total. The highest BCUT2D eigenvalue weighted by molar-refractivity contribution is 5.89. The minimum absolute atomic E-state index is 0.0717. The summed E-state index contributed by atoms with van der Waals surface area (Å²) in [4.78, 5) is 39.6. The van der Waals surface area contributed by atoms with Gasteiger partial charge in [0.1, 0.15) is 0 Å². The van der Waals surface area contributed by atoms with E-state index in [1.165, 1.54) is 12.8 Å². The molecule has 0 bridgehead atoms. The summed E-state index contributed by atoms with van der Waals surface area (Å²) < 4.78 is 5.16. The van der Waals surface area contributed by atoms with E-state index in [1.54, 1.807) is 4.90 Å². The first-order chi connectivity index (χ1) is 11.6. The van der Waals surface area contributed by atoms with Gasteiger partial charge in [-0.25, -0.2) is 4.79 Å². The number of carbonyl (C=O) groups excluding carboxylic acids is 2. The zero-order valence-corrected chi connectivity index (χ0v) is 14.0. The van der Waals surface area contributed by atoms with Crippen molar-refractivity contribution in [2.75, 3.05) is 26.2 Å². The van der Waals surface area contributed by atoms with Crippen LogP contribution in [0.3, 0.4) is 0 Å². The number of carboxylic acids is 1. The van der Waals surface area contributed by atoms with Crippen molar-refractivity contribution >= 4 is 17.8 Å². The zero-order chi connectivity index (χ0) is 17.1. The number of rotatable bonds is 3. The lowest BCUT2D eigenvalue weighted by Crippen LogP contribution is -2.50. The van der Waals surface area contributed by atoms with Crippen LogP contribution in [0.4, 0.5) is 0 Å². The quantitative estimate of drug-likeness (QED) is 0.772. The van der Waals surface area contributed by atoms with Gasteiger partial charge in [0, 0.05) is 25.6 Å². The lowest BCUT2D eigenvalue weighted by Gasteiger charge is -2.33. The van der Waals surface area contributed by atoms with E-state index in [0.29, 0.717) is 13.1 Å². The Morgan fingerprint density at radius 1 is 1.08 bits per heavy atom. The first kappa shape index (κ1) is 17.2. The van der Waals surface area contributed by atoms with Crippen molar-refractivity contribution in [2.24, 2.45) is 5.92 Å². The van der Waals surface area contributed by atoms with Crippen LogP contribution in [-0.2, 0) is 19.1 Å². The fourth-order valence-corrected chi connectivity index (χ4v) is 4.08. The molecule has 3 rings (SSSR count). The van der Waals surface area contributed by atoms with E-state index in [4.69, 9.17) is 9.84 Å². The standard InChI is InChI=1S/C17H26N2O5/c20-15-9-12(10-19(15)13-5-3-1-2-4-6-13)16(21)18-7-8-24-14(11-18)17(22)23/h12-14H,1-11H2,(H,22,23)/t12-,14-/m0/s1. The Kier molecular flexibility index (Phi) is 5.38. The molecule has 1 saturated carbocycles. The van der Waals surface area contributed by atoms with Gasteiger partial charge in [-0.1, -0.05) is 25.7 Å². The molecule has 0 unspecified atom stereocenters. The molecule has 2 aliphatic heterocycles. The molecule has 0 radical (unpaired) electrons. The smallest absolute Gasteiger partial charge is 0.334 e. The molecule has 1 aliphatic carbocycles. The maximum Gasteiger partial charge on any atom is 0.334 e. The van der Waals surface area contributed by atoms with Crippen molar-refractivity contribution in [3.8, 4) is 0 Å². The molecule has 2 saturated heterocycles. The van der Waals surface area contributed by atoms with Crippen molar-refractivity contribution in [1.29, 1.82) is 0 Å². The Balaban J connectivity index is 1.60. The van der Waals surface area contributed by atoms with E-state index in [9.17, 15) is 14.4 Å². The van der Waals surface area contributed by atoms with Gasteiger partial charge < -0.3 is 19.6 Å². The molecule has 0 aromatic heterocycles. The Labute approximate surface area is 141 Å². The number of carbonyl (C=O) groups is 3. The van der Waals surface area contributed by atoms with Crippen LogP contribution < -0.4 is 0 Å². The molecule has 1 N–H and O–H groups in total. The first-order valence-corrected chi connectivity index (χ1v) is 8.99. The average Bonchev–Trinajstić information content (AvgIpc) is 2.80. The van der Waals surface area contributed by atoms with E-state index in [0.717, 1.165) is 25.7 Å². The number of amides is 2. The molecule has 2 heterocycles. The minimum Gasteiger partial charge on any atom is -0.479 e. The molecular formula is C17H26N2O5. The highest BCUT2D eigenvalue weighted by Crippen LogP contribution is 2.29. The lowest BCUT2D eigenvalue weighted by molar-refractivity contribution is -0.160. The molecular weight excluding hydrogens is 312 g/mol. The maximum absolute atomic E-state index is 12.7. The van der Waals surface area contributed by atoms with Gasteiger partial charge in [0.15, 0.2) is 6.10 Å². The van der Waals surface area contributed by atoms with Gasteiger partial charge in [0.05, 0.1) is 19.1 Å². The largest absolute Gasteiger partial charge is 0.479 e. The second kappa shape index (κ2) is 7.51. The SMILES string of the molecule is O=C(O)[C@@H]1CN(C(=O)[C@H]2CC(=O)N(C3CCCCCC3)C2)CCO1. The number of carboxylic acid groups (broad SMARTS) is 1. The summed E-state index contributed by atoms with van der Waals surface area (Å²) in [7, 11) is 0. The van der Waals surface area contributed by atoms with Crippen molar-refractivity contribution in [3.63, 3.8) is 0 Å².